The first kappa shape index (κ1) is 19.6. The van der Waals surface area contributed by atoms with E-state index in [1.165, 1.54) is 4.90 Å². The zero-order chi connectivity index (χ0) is 20.4. The molecule has 0 spiro atoms. The van der Waals surface area contributed by atoms with E-state index in [1.54, 1.807) is 12.1 Å². The van der Waals surface area contributed by atoms with Gasteiger partial charge in [0.25, 0.3) is 11.8 Å². The molecule has 6 heteroatoms. The molecule has 0 aliphatic carbocycles. The number of hydrogen-bond donors (Lipinski definition) is 2. The van der Waals surface area contributed by atoms with Crippen LogP contribution in [0.3, 0.4) is 0 Å². The van der Waals surface area contributed by atoms with Gasteiger partial charge in [-0.05, 0) is 55.3 Å². The molecule has 0 aromatic heterocycles. The van der Waals surface area contributed by atoms with Gasteiger partial charge < -0.3 is 10.6 Å². The van der Waals surface area contributed by atoms with Crippen LogP contribution in [0.15, 0.2) is 36.4 Å². The van der Waals surface area contributed by atoms with Crippen LogP contribution in [0.1, 0.15) is 53.3 Å². The second-order valence-corrected chi connectivity index (χ2v) is 8.41. The maximum absolute atomic E-state index is 12.9. The summed E-state index contributed by atoms with van der Waals surface area (Å²) < 4.78 is 0. The first-order chi connectivity index (χ1) is 14.0. The van der Waals surface area contributed by atoms with E-state index in [2.05, 4.69) is 17.6 Å². The first-order valence-corrected chi connectivity index (χ1v) is 10.3. The van der Waals surface area contributed by atoms with Crippen molar-refractivity contribution in [2.24, 2.45) is 5.41 Å². The summed E-state index contributed by atoms with van der Waals surface area (Å²) >= 11 is 0. The Balaban J connectivity index is 1.35. The molecule has 0 bridgehead atoms. The summed E-state index contributed by atoms with van der Waals surface area (Å²) in [6.07, 6.45) is 2.86. The summed E-state index contributed by atoms with van der Waals surface area (Å²) in [5, 5.41) is 7.99. The number of nitrogens with one attached hydrogen (secondary N) is 2. The zero-order valence-electron chi connectivity index (χ0n) is 16.8. The average Bonchev–Trinajstić information content (AvgIpc) is 2.73. The molecular formula is C23H27N3O3. The molecule has 1 saturated heterocycles. The number of amides is 3. The Bertz CT molecular complexity index is 912. The number of hydrogen-bond acceptors (Lipinski definition) is 4. The molecule has 0 radical (unpaired) electrons. The van der Waals surface area contributed by atoms with Crippen molar-refractivity contribution >= 4 is 28.5 Å². The Morgan fingerprint density at radius 3 is 2.31 bits per heavy atom. The molecule has 4 rings (SSSR count). The van der Waals surface area contributed by atoms with Gasteiger partial charge in [0.15, 0.2) is 0 Å². The molecule has 152 valence electrons. The van der Waals surface area contributed by atoms with Gasteiger partial charge in [-0.15, -0.1) is 0 Å². The van der Waals surface area contributed by atoms with Gasteiger partial charge in [0.1, 0.15) is 0 Å². The second kappa shape index (κ2) is 7.95. The van der Waals surface area contributed by atoms with Crippen molar-refractivity contribution in [3.05, 3.63) is 47.5 Å². The van der Waals surface area contributed by atoms with Crippen LogP contribution in [0.4, 0.5) is 0 Å². The fraction of sp³-hybridized carbons (Fsp3) is 0.435. The lowest BCUT2D eigenvalue weighted by molar-refractivity contribution is -0.121. The van der Waals surface area contributed by atoms with Crippen LogP contribution in [-0.2, 0) is 4.79 Å². The average molecular weight is 393 g/mol. The summed E-state index contributed by atoms with van der Waals surface area (Å²) in [6.45, 7) is 5.10. The van der Waals surface area contributed by atoms with Gasteiger partial charge in [-0.25, -0.2) is 0 Å². The smallest absolute Gasteiger partial charge is 0.261 e. The van der Waals surface area contributed by atoms with E-state index < -0.39 is 0 Å². The molecule has 2 aliphatic heterocycles. The molecule has 0 saturated carbocycles. The summed E-state index contributed by atoms with van der Waals surface area (Å²) in [6, 6.07) is 11.0. The summed E-state index contributed by atoms with van der Waals surface area (Å²) in [5.41, 5.74) is 1.25. The highest BCUT2D eigenvalue weighted by atomic mass is 16.2. The van der Waals surface area contributed by atoms with Crippen molar-refractivity contribution in [1.29, 1.82) is 0 Å². The molecule has 1 fully saturated rings. The second-order valence-electron chi connectivity index (χ2n) is 8.41. The van der Waals surface area contributed by atoms with E-state index in [-0.39, 0.29) is 29.7 Å². The van der Waals surface area contributed by atoms with Crippen LogP contribution in [0.25, 0.3) is 10.8 Å². The monoisotopic (exact) mass is 393 g/mol. The summed E-state index contributed by atoms with van der Waals surface area (Å²) in [4.78, 5) is 39.3. The molecular weight excluding hydrogens is 366 g/mol. The van der Waals surface area contributed by atoms with Gasteiger partial charge in [-0.1, -0.05) is 31.2 Å². The van der Waals surface area contributed by atoms with Crippen LogP contribution >= 0.6 is 0 Å². The highest BCUT2D eigenvalue weighted by Crippen LogP contribution is 2.30. The minimum absolute atomic E-state index is 0.0239. The molecule has 0 unspecified atom stereocenters. The number of benzene rings is 2. The van der Waals surface area contributed by atoms with E-state index >= 15 is 0 Å². The Morgan fingerprint density at radius 2 is 1.69 bits per heavy atom. The molecule has 2 aliphatic rings. The van der Waals surface area contributed by atoms with Crippen molar-refractivity contribution in [2.75, 3.05) is 26.2 Å². The molecule has 2 aromatic rings. The van der Waals surface area contributed by atoms with Crippen LogP contribution < -0.4 is 10.6 Å². The SMILES string of the molecule is CC1(CNC(=O)CCCN2C(=O)c3cccc4cccc(c34)C2=O)CCNCC1. The molecule has 2 N–H and O–H groups in total. The molecule has 6 nitrogen and oxygen atoms in total. The van der Waals surface area contributed by atoms with Gasteiger partial charge in [0.2, 0.25) is 5.91 Å². The Kier molecular flexibility index (Phi) is 5.37. The fourth-order valence-corrected chi connectivity index (χ4v) is 4.29. The van der Waals surface area contributed by atoms with Crippen LogP contribution in [0.5, 0.6) is 0 Å². The largest absolute Gasteiger partial charge is 0.356 e. The number of rotatable bonds is 6. The third-order valence-corrected chi connectivity index (χ3v) is 6.16. The minimum atomic E-state index is -0.276. The lowest BCUT2D eigenvalue weighted by Crippen LogP contribution is -2.43. The van der Waals surface area contributed by atoms with Gasteiger partial charge >= 0.3 is 0 Å². The maximum atomic E-state index is 12.9. The highest BCUT2D eigenvalue weighted by molar-refractivity contribution is 6.25. The van der Waals surface area contributed by atoms with Crippen LogP contribution in [0.2, 0.25) is 0 Å². The van der Waals surface area contributed by atoms with E-state index in [0.717, 1.165) is 36.7 Å². The highest BCUT2D eigenvalue weighted by Gasteiger charge is 2.32. The minimum Gasteiger partial charge on any atom is -0.356 e. The first-order valence-electron chi connectivity index (χ1n) is 10.3. The zero-order valence-corrected chi connectivity index (χ0v) is 16.8. The van der Waals surface area contributed by atoms with E-state index in [0.29, 0.717) is 30.5 Å². The van der Waals surface area contributed by atoms with E-state index in [4.69, 9.17) is 0 Å². The van der Waals surface area contributed by atoms with E-state index in [1.807, 2.05) is 24.3 Å². The maximum Gasteiger partial charge on any atom is 0.261 e. The molecule has 2 heterocycles. The quantitative estimate of drug-likeness (QED) is 0.740. The van der Waals surface area contributed by atoms with E-state index in [9.17, 15) is 14.4 Å². The number of nitrogens with zero attached hydrogens (tertiary/aromatic N) is 1. The van der Waals surface area contributed by atoms with Crippen LogP contribution in [0, 0.1) is 5.41 Å². The normalized spacial score (nSPS) is 18.2. The van der Waals surface area contributed by atoms with Gasteiger partial charge in [0.05, 0.1) is 0 Å². The topological polar surface area (TPSA) is 78.5 Å². The molecule has 29 heavy (non-hydrogen) atoms. The standard InChI is InChI=1S/C23H27N3O3/c1-23(10-12-24-13-11-23)15-25-19(27)9-4-14-26-21(28)17-7-2-5-16-6-3-8-18(20(16)17)22(26)29/h2-3,5-8,24H,4,9-15H2,1H3,(H,25,27). The van der Waals surface area contributed by atoms with Crippen molar-refractivity contribution in [3.63, 3.8) is 0 Å². The Hall–Kier alpha value is -2.73. The van der Waals surface area contributed by atoms with Crippen LogP contribution in [-0.4, -0.2) is 48.8 Å². The third-order valence-electron chi connectivity index (χ3n) is 6.16. The number of carbonyl (C=O) groups excluding carboxylic acids is 3. The summed E-state index contributed by atoms with van der Waals surface area (Å²) in [7, 11) is 0. The number of piperidine rings is 1. The Morgan fingerprint density at radius 1 is 1.07 bits per heavy atom. The fourth-order valence-electron chi connectivity index (χ4n) is 4.29. The van der Waals surface area contributed by atoms with Crippen molar-refractivity contribution in [2.45, 2.75) is 32.6 Å². The van der Waals surface area contributed by atoms with Gasteiger partial charge in [-0.2, -0.15) is 0 Å². The molecule has 0 atom stereocenters. The summed E-state index contributed by atoms with van der Waals surface area (Å²) in [5.74, 6) is -0.576. The van der Waals surface area contributed by atoms with Crippen molar-refractivity contribution in [1.82, 2.24) is 15.5 Å². The lowest BCUT2D eigenvalue weighted by Gasteiger charge is -2.34. The predicted molar refractivity (Wildman–Crippen MR) is 112 cm³/mol. The Labute approximate surface area is 170 Å². The molecule has 3 amide bonds. The van der Waals surface area contributed by atoms with Gasteiger partial charge in [-0.3, -0.25) is 19.3 Å². The number of imide groups is 1. The lowest BCUT2D eigenvalue weighted by atomic mass is 9.81. The predicted octanol–water partition coefficient (Wildman–Crippen LogP) is 2.72. The van der Waals surface area contributed by atoms with Gasteiger partial charge in [0, 0.05) is 36.0 Å². The van der Waals surface area contributed by atoms with Crippen molar-refractivity contribution < 1.29 is 14.4 Å². The molecule has 2 aromatic carbocycles. The number of carbonyl (C=O) groups is 3. The third kappa shape index (κ3) is 3.90. The van der Waals surface area contributed by atoms with Crippen molar-refractivity contribution in [3.8, 4) is 0 Å².